The van der Waals surface area contributed by atoms with E-state index in [2.05, 4.69) is 49.4 Å². The van der Waals surface area contributed by atoms with E-state index in [1.165, 1.54) is 16.7 Å². The van der Waals surface area contributed by atoms with Gasteiger partial charge in [0.05, 0.1) is 0 Å². The zero-order valence-corrected chi connectivity index (χ0v) is 16.1. The quantitative estimate of drug-likeness (QED) is 0.893. The van der Waals surface area contributed by atoms with E-state index >= 15 is 0 Å². The molecule has 5 heteroatoms. The van der Waals surface area contributed by atoms with Gasteiger partial charge in [-0.2, -0.15) is 5.10 Å². The van der Waals surface area contributed by atoms with Gasteiger partial charge in [0, 0.05) is 38.1 Å². The number of piperidine rings is 1. The van der Waals surface area contributed by atoms with Crippen LogP contribution in [0.15, 0.2) is 36.7 Å². The fourth-order valence-electron chi connectivity index (χ4n) is 3.89. The van der Waals surface area contributed by atoms with E-state index in [9.17, 15) is 4.79 Å². The van der Waals surface area contributed by atoms with Crippen LogP contribution in [-0.2, 0) is 13.0 Å². The maximum Gasteiger partial charge on any atom is 0.317 e. The summed E-state index contributed by atoms with van der Waals surface area (Å²) >= 11 is 0. The van der Waals surface area contributed by atoms with Crippen molar-refractivity contribution in [1.82, 2.24) is 20.0 Å². The molecule has 0 bridgehead atoms. The summed E-state index contributed by atoms with van der Waals surface area (Å²) in [5.74, 6) is 0.603. The summed E-state index contributed by atoms with van der Waals surface area (Å²) in [6.07, 6.45) is 6.77. The molecule has 1 aromatic carbocycles. The van der Waals surface area contributed by atoms with Crippen molar-refractivity contribution in [3.8, 4) is 0 Å². The zero-order valence-electron chi connectivity index (χ0n) is 16.1. The number of nitrogens with zero attached hydrogens (tertiary/aromatic N) is 3. The molecular weight excluding hydrogens is 324 g/mol. The third-order valence-corrected chi connectivity index (χ3v) is 5.10. The summed E-state index contributed by atoms with van der Waals surface area (Å²) in [6.45, 7) is 8.92. The minimum atomic E-state index is 0.0689. The molecule has 1 aliphatic rings. The molecule has 2 heterocycles. The average molecular weight is 354 g/mol. The van der Waals surface area contributed by atoms with Crippen LogP contribution in [0.4, 0.5) is 4.79 Å². The van der Waals surface area contributed by atoms with E-state index in [0.29, 0.717) is 5.92 Å². The lowest BCUT2D eigenvalue weighted by molar-refractivity contribution is 0.161. The Bertz CT molecular complexity index is 697. The highest BCUT2D eigenvalue weighted by atomic mass is 16.2. The molecule has 3 rings (SSSR count). The number of amides is 2. The van der Waals surface area contributed by atoms with E-state index in [1.54, 1.807) is 0 Å². The first-order chi connectivity index (χ1) is 12.5. The van der Waals surface area contributed by atoms with Gasteiger partial charge in [-0.15, -0.1) is 0 Å². The first-order valence-corrected chi connectivity index (χ1v) is 9.59. The standard InChI is InChI=1S/C21H30N4O/c1-16-11-17(2)13-20(12-16)14-18(3)23-21(26)24-9-5-19(6-10-24)15-25-8-4-7-22-25/h4,7-8,11-13,18-19H,5-6,9-10,14-15H2,1-3H3,(H,23,26). The largest absolute Gasteiger partial charge is 0.335 e. The average Bonchev–Trinajstić information content (AvgIpc) is 3.07. The van der Waals surface area contributed by atoms with Crippen molar-refractivity contribution >= 4 is 6.03 Å². The second-order valence-corrected chi connectivity index (χ2v) is 7.71. The van der Waals surface area contributed by atoms with E-state index in [1.807, 2.05) is 28.0 Å². The van der Waals surface area contributed by atoms with Crippen molar-refractivity contribution in [3.05, 3.63) is 53.3 Å². The number of nitrogens with one attached hydrogen (secondary N) is 1. The second-order valence-electron chi connectivity index (χ2n) is 7.71. The number of carbonyl (C=O) groups is 1. The zero-order chi connectivity index (χ0) is 18.5. The fourth-order valence-corrected chi connectivity index (χ4v) is 3.89. The van der Waals surface area contributed by atoms with Crippen LogP contribution in [0.25, 0.3) is 0 Å². The lowest BCUT2D eigenvalue weighted by Gasteiger charge is -2.32. The molecule has 1 atom stereocenters. The topological polar surface area (TPSA) is 50.2 Å². The Morgan fingerprint density at radius 3 is 2.54 bits per heavy atom. The highest BCUT2D eigenvalue weighted by Gasteiger charge is 2.24. The van der Waals surface area contributed by atoms with Gasteiger partial charge < -0.3 is 10.2 Å². The molecule has 2 amide bonds. The molecule has 5 nitrogen and oxygen atoms in total. The maximum absolute atomic E-state index is 12.6. The normalized spacial score (nSPS) is 16.5. The SMILES string of the molecule is Cc1cc(C)cc(CC(C)NC(=O)N2CCC(Cn3cccn3)CC2)c1. The smallest absolute Gasteiger partial charge is 0.317 e. The van der Waals surface area contributed by atoms with Crippen LogP contribution in [0.1, 0.15) is 36.5 Å². The van der Waals surface area contributed by atoms with Crippen LogP contribution in [-0.4, -0.2) is 39.8 Å². The predicted molar refractivity (Wildman–Crippen MR) is 104 cm³/mol. The number of hydrogen-bond acceptors (Lipinski definition) is 2. The number of carbonyl (C=O) groups excluding carboxylic acids is 1. The van der Waals surface area contributed by atoms with Crippen molar-refractivity contribution in [2.45, 2.75) is 52.6 Å². The van der Waals surface area contributed by atoms with E-state index in [0.717, 1.165) is 38.9 Å². The molecule has 1 fully saturated rings. The van der Waals surface area contributed by atoms with Crippen LogP contribution in [0.3, 0.4) is 0 Å². The monoisotopic (exact) mass is 354 g/mol. The van der Waals surface area contributed by atoms with Crippen LogP contribution in [0.5, 0.6) is 0 Å². The van der Waals surface area contributed by atoms with Crippen molar-refractivity contribution < 1.29 is 4.79 Å². The van der Waals surface area contributed by atoms with Crippen LogP contribution < -0.4 is 5.32 Å². The number of hydrogen-bond donors (Lipinski definition) is 1. The minimum absolute atomic E-state index is 0.0689. The van der Waals surface area contributed by atoms with Gasteiger partial charge in [-0.25, -0.2) is 4.79 Å². The van der Waals surface area contributed by atoms with Gasteiger partial charge in [-0.3, -0.25) is 4.68 Å². The van der Waals surface area contributed by atoms with Crippen molar-refractivity contribution in [2.24, 2.45) is 5.92 Å². The molecule has 1 aliphatic heterocycles. The van der Waals surface area contributed by atoms with Gasteiger partial charge in [0.15, 0.2) is 0 Å². The second kappa shape index (κ2) is 8.39. The molecule has 0 spiro atoms. The van der Waals surface area contributed by atoms with Crippen LogP contribution in [0.2, 0.25) is 0 Å². The van der Waals surface area contributed by atoms with Gasteiger partial charge in [-0.1, -0.05) is 29.3 Å². The first-order valence-electron chi connectivity index (χ1n) is 9.59. The van der Waals surface area contributed by atoms with Gasteiger partial charge in [0.25, 0.3) is 0 Å². The number of likely N-dealkylation sites (tertiary alicyclic amines) is 1. The molecule has 0 radical (unpaired) electrons. The lowest BCUT2D eigenvalue weighted by atomic mass is 9.97. The number of rotatable bonds is 5. The lowest BCUT2D eigenvalue weighted by Crippen LogP contribution is -2.48. The summed E-state index contributed by atoms with van der Waals surface area (Å²) in [5, 5.41) is 7.45. The first kappa shape index (κ1) is 18.5. The highest BCUT2D eigenvalue weighted by Crippen LogP contribution is 2.19. The summed E-state index contributed by atoms with van der Waals surface area (Å²) in [6, 6.07) is 8.75. The maximum atomic E-state index is 12.6. The number of aromatic nitrogens is 2. The molecule has 140 valence electrons. The minimum Gasteiger partial charge on any atom is -0.335 e. The summed E-state index contributed by atoms with van der Waals surface area (Å²) in [7, 11) is 0. The summed E-state index contributed by atoms with van der Waals surface area (Å²) < 4.78 is 1.99. The van der Waals surface area contributed by atoms with Crippen molar-refractivity contribution in [1.29, 1.82) is 0 Å². The summed E-state index contributed by atoms with van der Waals surface area (Å²) in [5.41, 5.74) is 3.84. The third-order valence-electron chi connectivity index (χ3n) is 5.10. The van der Waals surface area contributed by atoms with E-state index in [-0.39, 0.29) is 12.1 Å². The molecule has 1 saturated heterocycles. The van der Waals surface area contributed by atoms with E-state index < -0.39 is 0 Å². The Morgan fingerprint density at radius 1 is 1.23 bits per heavy atom. The Labute approximate surface area is 156 Å². The van der Waals surface area contributed by atoms with Gasteiger partial charge in [-0.05, 0) is 57.6 Å². The van der Waals surface area contributed by atoms with Crippen molar-refractivity contribution in [2.75, 3.05) is 13.1 Å². The van der Waals surface area contributed by atoms with Crippen LogP contribution in [0, 0.1) is 19.8 Å². The number of benzene rings is 1. The fraction of sp³-hybridized carbons (Fsp3) is 0.524. The molecule has 2 aromatic rings. The molecule has 1 aromatic heterocycles. The molecule has 0 aliphatic carbocycles. The third kappa shape index (κ3) is 5.10. The summed E-state index contributed by atoms with van der Waals surface area (Å²) in [4.78, 5) is 14.5. The Balaban J connectivity index is 1.44. The van der Waals surface area contributed by atoms with Crippen molar-refractivity contribution in [3.63, 3.8) is 0 Å². The Kier molecular flexibility index (Phi) is 5.96. The van der Waals surface area contributed by atoms with Crippen LogP contribution >= 0.6 is 0 Å². The number of urea groups is 1. The highest BCUT2D eigenvalue weighted by molar-refractivity contribution is 5.74. The molecular formula is C21H30N4O. The van der Waals surface area contributed by atoms with Gasteiger partial charge >= 0.3 is 6.03 Å². The number of aryl methyl sites for hydroxylation is 2. The molecule has 1 N–H and O–H groups in total. The molecule has 0 saturated carbocycles. The van der Waals surface area contributed by atoms with Gasteiger partial charge in [0.1, 0.15) is 0 Å². The Morgan fingerprint density at radius 2 is 1.92 bits per heavy atom. The molecule has 1 unspecified atom stereocenters. The van der Waals surface area contributed by atoms with E-state index in [4.69, 9.17) is 0 Å². The van der Waals surface area contributed by atoms with Gasteiger partial charge in [0.2, 0.25) is 0 Å². The molecule has 26 heavy (non-hydrogen) atoms. The predicted octanol–water partition coefficient (Wildman–Crippen LogP) is 3.55. The Hall–Kier alpha value is -2.30.